The number of hydrogen-bond acceptors (Lipinski definition) is 5. The molecule has 0 bridgehead atoms. The lowest BCUT2D eigenvalue weighted by Gasteiger charge is -2.15. The van der Waals surface area contributed by atoms with Gasteiger partial charge in [0.05, 0.1) is 6.61 Å². The number of carbonyl (C=O) groups is 2. The largest absolute Gasteiger partial charge is 0.462 e. The predicted molar refractivity (Wildman–Crippen MR) is 389 cm³/mol. The van der Waals surface area contributed by atoms with Crippen LogP contribution in [0.1, 0.15) is 284 Å². The summed E-state index contributed by atoms with van der Waals surface area (Å²) in [6.07, 6.45) is 121. The Hall–Kier alpha value is -5.52. The summed E-state index contributed by atoms with van der Waals surface area (Å²) >= 11 is 0. The minimum atomic E-state index is -0.794. The first-order valence-electron chi connectivity index (χ1n) is 35.6. The van der Waals surface area contributed by atoms with Crippen molar-refractivity contribution < 1.29 is 24.2 Å². The van der Waals surface area contributed by atoms with Gasteiger partial charge >= 0.3 is 11.9 Å². The lowest BCUT2D eigenvalue weighted by molar-refractivity contribution is -0.161. The molecule has 0 saturated carbocycles. The summed E-state index contributed by atoms with van der Waals surface area (Å²) < 4.78 is 10.8. The quantitative estimate of drug-likeness (QED) is 0.0373. The van der Waals surface area contributed by atoms with E-state index in [4.69, 9.17) is 9.47 Å². The second-order valence-corrected chi connectivity index (χ2v) is 22.8. The average Bonchev–Trinajstić information content (AvgIpc) is 3.54. The summed E-state index contributed by atoms with van der Waals surface area (Å²) in [4.78, 5) is 24.7. The van der Waals surface area contributed by atoms with E-state index in [1.54, 1.807) is 0 Å². The maximum absolute atomic E-state index is 12.4. The standard InChI is InChI=1S/C83H130O5/c1-3-5-7-9-11-13-15-17-19-21-23-25-27-29-31-33-35-37-39-40-41-42-44-46-48-50-52-54-56-58-60-62-64-66-68-70-72-74-76-78-83(86)88-81(79-84)80-87-82(85)77-75-73-71-69-67-65-63-61-59-57-55-53-51-49-47-45-43-38-36-34-32-30-28-26-24-22-20-18-16-14-12-10-8-6-4-2/h5-8,11-14,17-20,23-26,29-32,35-38,40-41,44-47,50,52,56,58,81,84H,3-4,9-10,15-16,21-22,27-28,33-34,39,42-43,48-49,51,53-55,57,59-80H2,1-2H3/b7-5-,8-6-,13-11-,14-12-,19-17-,20-18-,25-23-,26-24-,31-29-,32-30-,37-35-,38-36-,41-40-,46-44-,47-45-,52-50-,58-56-. The number of ether oxygens (including phenoxy) is 2. The minimum Gasteiger partial charge on any atom is -0.462 e. The van der Waals surface area contributed by atoms with Crippen molar-refractivity contribution in [2.24, 2.45) is 0 Å². The molecule has 5 nitrogen and oxygen atoms in total. The highest BCUT2D eigenvalue weighted by atomic mass is 16.6. The van der Waals surface area contributed by atoms with Crippen LogP contribution in [0.25, 0.3) is 0 Å². The molecule has 0 heterocycles. The lowest BCUT2D eigenvalue weighted by Crippen LogP contribution is -2.28. The van der Waals surface area contributed by atoms with Gasteiger partial charge in [0.15, 0.2) is 6.10 Å². The maximum atomic E-state index is 12.4. The van der Waals surface area contributed by atoms with Gasteiger partial charge in [0.2, 0.25) is 0 Å². The van der Waals surface area contributed by atoms with Gasteiger partial charge in [-0.2, -0.15) is 0 Å². The Morgan fingerprint density at radius 1 is 0.261 bits per heavy atom. The van der Waals surface area contributed by atoms with E-state index in [0.29, 0.717) is 12.8 Å². The molecular formula is C83H130O5. The highest BCUT2D eigenvalue weighted by Gasteiger charge is 2.16. The summed E-state index contributed by atoms with van der Waals surface area (Å²) in [6, 6.07) is 0. The molecule has 0 saturated heterocycles. The van der Waals surface area contributed by atoms with E-state index in [9.17, 15) is 14.7 Å². The predicted octanol–water partition coefficient (Wildman–Crippen LogP) is 25.3. The number of carbonyl (C=O) groups excluding carboxylic acids is 2. The molecule has 0 fully saturated rings. The minimum absolute atomic E-state index is 0.0812. The zero-order valence-corrected chi connectivity index (χ0v) is 56.4. The number of aliphatic hydroxyl groups is 1. The van der Waals surface area contributed by atoms with Crippen molar-refractivity contribution in [2.75, 3.05) is 13.2 Å². The van der Waals surface area contributed by atoms with Crippen LogP contribution in [-0.2, 0) is 19.1 Å². The normalized spacial score (nSPS) is 13.5. The molecule has 0 aromatic carbocycles. The van der Waals surface area contributed by atoms with Crippen LogP contribution in [0, 0.1) is 0 Å². The Labute approximate surface area is 542 Å². The van der Waals surface area contributed by atoms with E-state index in [2.05, 4.69) is 220 Å². The fraction of sp³-hybridized carbons (Fsp3) is 0.566. The van der Waals surface area contributed by atoms with E-state index in [1.807, 2.05) is 0 Å². The van der Waals surface area contributed by atoms with Crippen molar-refractivity contribution in [3.05, 3.63) is 207 Å². The third kappa shape index (κ3) is 73.0. The van der Waals surface area contributed by atoms with Crippen LogP contribution in [0.2, 0.25) is 0 Å². The van der Waals surface area contributed by atoms with Gasteiger partial charge in [0.1, 0.15) is 6.61 Å². The van der Waals surface area contributed by atoms with Gasteiger partial charge < -0.3 is 14.6 Å². The lowest BCUT2D eigenvalue weighted by atomic mass is 10.0. The number of aliphatic hydroxyl groups excluding tert-OH is 1. The third-order valence-electron chi connectivity index (χ3n) is 14.6. The van der Waals surface area contributed by atoms with Crippen molar-refractivity contribution in [3.8, 4) is 0 Å². The van der Waals surface area contributed by atoms with Gasteiger partial charge in [-0.25, -0.2) is 0 Å². The zero-order chi connectivity index (χ0) is 63.3. The van der Waals surface area contributed by atoms with Crippen molar-refractivity contribution in [1.29, 1.82) is 0 Å². The van der Waals surface area contributed by atoms with Crippen molar-refractivity contribution in [3.63, 3.8) is 0 Å². The van der Waals surface area contributed by atoms with Gasteiger partial charge in [0.25, 0.3) is 0 Å². The van der Waals surface area contributed by atoms with Crippen molar-refractivity contribution in [1.82, 2.24) is 0 Å². The van der Waals surface area contributed by atoms with Crippen LogP contribution in [-0.4, -0.2) is 36.4 Å². The van der Waals surface area contributed by atoms with Gasteiger partial charge in [-0.05, 0) is 148 Å². The van der Waals surface area contributed by atoms with Gasteiger partial charge in [-0.1, -0.05) is 330 Å². The fourth-order valence-corrected chi connectivity index (χ4v) is 9.33. The van der Waals surface area contributed by atoms with E-state index >= 15 is 0 Å². The Morgan fingerprint density at radius 3 is 0.682 bits per heavy atom. The Bertz CT molecular complexity index is 2050. The van der Waals surface area contributed by atoms with Gasteiger partial charge in [-0.3, -0.25) is 9.59 Å². The van der Waals surface area contributed by atoms with E-state index in [0.717, 1.165) is 154 Å². The smallest absolute Gasteiger partial charge is 0.306 e. The molecule has 0 aromatic heterocycles. The van der Waals surface area contributed by atoms with Crippen LogP contribution in [0.4, 0.5) is 0 Å². The van der Waals surface area contributed by atoms with Crippen LogP contribution in [0.3, 0.4) is 0 Å². The first-order chi connectivity index (χ1) is 43.6. The van der Waals surface area contributed by atoms with Crippen molar-refractivity contribution >= 4 is 11.9 Å². The van der Waals surface area contributed by atoms with Gasteiger partial charge in [-0.15, -0.1) is 0 Å². The fourth-order valence-electron chi connectivity index (χ4n) is 9.33. The van der Waals surface area contributed by atoms with E-state index in [1.165, 1.54) is 103 Å². The highest BCUT2D eigenvalue weighted by Crippen LogP contribution is 2.16. The SMILES string of the molecule is CC/C=C\C/C=C\C/C=C\C/C=C\C/C=C\C/C=C\C/C=C\C/C=C\C/C=C\C/C=C\CCCCCCCCCCC(=O)OC(CO)COC(=O)CCCCCCCCCCCCCCC/C=C\C/C=C\C/C=C\C/C=C\C/C=C\C/C=C\C/C=C\CC. The first kappa shape index (κ1) is 82.5. The molecule has 1 atom stereocenters. The Balaban J connectivity index is 3.59. The number of unbranched alkanes of at least 4 members (excludes halogenated alkanes) is 21. The Kier molecular flexibility index (Phi) is 71.0. The van der Waals surface area contributed by atoms with Crippen LogP contribution in [0.5, 0.6) is 0 Å². The molecule has 0 spiro atoms. The molecule has 88 heavy (non-hydrogen) atoms. The van der Waals surface area contributed by atoms with Crippen molar-refractivity contribution in [2.45, 2.75) is 290 Å². The molecule has 1 unspecified atom stereocenters. The summed E-state index contributed by atoms with van der Waals surface area (Å²) in [6.45, 7) is 3.90. The van der Waals surface area contributed by atoms with E-state index < -0.39 is 6.10 Å². The highest BCUT2D eigenvalue weighted by molar-refractivity contribution is 5.70. The molecule has 492 valence electrons. The molecule has 0 aliphatic carbocycles. The number of hydrogen-bond donors (Lipinski definition) is 1. The van der Waals surface area contributed by atoms with Crippen LogP contribution < -0.4 is 0 Å². The van der Waals surface area contributed by atoms with Gasteiger partial charge in [0, 0.05) is 12.8 Å². The molecule has 0 rings (SSSR count). The number of rotatable bonds is 63. The second-order valence-electron chi connectivity index (χ2n) is 22.8. The molecule has 1 N–H and O–H groups in total. The third-order valence-corrected chi connectivity index (χ3v) is 14.6. The summed E-state index contributed by atoms with van der Waals surface area (Å²) in [5, 5.41) is 9.71. The monoisotopic (exact) mass is 1210 g/mol. The summed E-state index contributed by atoms with van der Waals surface area (Å²) in [5.41, 5.74) is 0. The molecule has 0 aliphatic heterocycles. The van der Waals surface area contributed by atoms with Crippen LogP contribution in [0.15, 0.2) is 207 Å². The maximum Gasteiger partial charge on any atom is 0.306 e. The zero-order valence-electron chi connectivity index (χ0n) is 56.4. The number of esters is 2. The van der Waals surface area contributed by atoms with E-state index in [-0.39, 0.29) is 25.2 Å². The molecule has 0 radical (unpaired) electrons. The first-order valence-corrected chi connectivity index (χ1v) is 35.6. The average molecular weight is 1210 g/mol. The molecule has 0 aliphatic rings. The Morgan fingerprint density at radius 2 is 0.455 bits per heavy atom. The molecule has 0 aromatic rings. The summed E-state index contributed by atoms with van der Waals surface area (Å²) in [5.74, 6) is -0.610. The second kappa shape index (κ2) is 75.7. The summed E-state index contributed by atoms with van der Waals surface area (Å²) in [7, 11) is 0. The molecule has 5 heteroatoms. The topological polar surface area (TPSA) is 72.8 Å². The molecule has 0 amide bonds. The molecular weight excluding hydrogens is 1080 g/mol. The number of allylic oxidation sites excluding steroid dienone is 34. The van der Waals surface area contributed by atoms with Crippen LogP contribution >= 0.6 is 0 Å².